The molecular weight excluding hydrogens is 663 g/mol. The number of anilines is 3. The van der Waals surface area contributed by atoms with Crippen molar-refractivity contribution in [3.8, 4) is 22.3 Å². The highest BCUT2D eigenvalue weighted by atomic mass is 32.1. The van der Waals surface area contributed by atoms with E-state index in [-0.39, 0.29) is 0 Å². The highest BCUT2D eigenvalue weighted by Gasteiger charge is 2.17. The van der Waals surface area contributed by atoms with Crippen LogP contribution in [0.1, 0.15) is 0 Å². The lowest BCUT2D eigenvalue weighted by Crippen LogP contribution is -2.09. The average Bonchev–Trinajstić information content (AvgIpc) is 3.77. The molecule has 0 bridgehead atoms. The molecule has 0 radical (unpaired) electrons. The molecule has 53 heavy (non-hydrogen) atoms. The van der Waals surface area contributed by atoms with Crippen LogP contribution in [0.2, 0.25) is 0 Å². The summed E-state index contributed by atoms with van der Waals surface area (Å²) in [6, 6.07) is 68.1. The molecule has 2 heterocycles. The molecule has 0 saturated heterocycles. The predicted molar refractivity (Wildman–Crippen MR) is 227 cm³/mol. The van der Waals surface area contributed by atoms with Crippen molar-refractivity contribution >= 4 is 92.1 Å². The van der Waals surface area contributed by atoms with Crippen molar-refractivity contribution in [1.29, 1.82) is 0 Å². The Kier molecular flexibility index (Phi) is 6.76. The minimum absolute atomic E-state index is 0.908. The van der Waals surface area contributed by atoms with Gasteiger partial charge in [-0.1, -0.05) is 121 Å². The number of furan rings is 1. The lowest BCUT2D eigenvalue weighted by Gasteiger charge is -2.26. The number of thiophene rings is 1. The van der Waals surface area contributed by atoms with Gasteiger partial charge in [0.1, 0.15) is 11.2 Å². The van der Waals surface area contributed by atoms with E-state index >= 15 is 0 Å². The molecule has 0 aliphatic carbocycles. The van der Waals surface area contributed by atoms with Gasteiger partial charge in [0.25, 0.3) is 0 Å². The lowest BCUT2D eigenvalue weighted by molar-refractivity contribution is 0.669. The SMILES string of the molecule is c1ccc2cc3c(cc2c1)oc1ccc(-c2ccc(N(c4ccc(-c5cccc6ccccc56)cc4)c4ccc5c(c4)sc4ccccc45)cc2)cc13. The highest BCUT2D eigenvalue weighted by Crippen LogP contribution is 2.42. The normalized spacial score (nSPS) is 11.8. The van der Waals surface area contributed by atoms with Gasteiger partial charge >= 0.3 is 0 Å². The van der Waals surface area contributed by atoms with Crippen LogP contribution >= 0.6 is 11.3 Å². The van der Waals surface area contributed by atoms with Crippen molar-refractivity contribution in [3.05, 3.63) is 188 Å². The van der Waals surface area contributed by atoms with Crippen molar-refractivity contribution in [2.45, 2.75) is 0 Å². The van der Waals surface area contributed by atoms with Gasteiger partial charge in [-0.05, 0) is 111 Å². The minimum atomic E-state index is 0.908. The van der Waals surface area contributed by atoms with Gasteiger partial charge in [-0.15, -0.1) is 11.3 Å². The molecule has 248 valence electrons. The number of nitrogens with zero attached hydrogens (tertiary/aromatic N) is 1. The van der Waals surface area contributed by atoms with Gasteiger partial charge in [0.15, 0.2) is 0 Å². The first kappa shape index (κ1) is 30.0. The molecule has 0 fully saturated rings. The van der Waals surface area contributed by atoms with E-state index in [1.807, 2.05) is 11.3 Å². The van der Waals surface area contributed by atoms with Gasteiger partial charge in [0.2, 0.25) is 0 Å². The molecular formula is C50H31NOS. The van der Waals surface area contributed by atoms with Crippen LogP contribution in [0.15, 0.2) is 192 Å². The number of hydrogen-bond donors (Lipinski definition) is 0. The minimum Gasteiger partial charge on any atom is -0.456 e. The van der Waals surface area contributed by atoms with Crippen LogP contribution < -0.4 is 4.90 Å². The molecule has 3 heteroatoms. The first-order chi connectivity index (χ1) is 26.2. The summed E-state index contributed by atoms with van der Waals surface area (Å²) in [4.78, 5) is 2.37. The van der Waals surface area contributed by atoms with Crippen LogP contribution in [0.5, 0.6) is 0 Å². The Balaban J connectivity index is 1.01. The molecule has 11 rings (SSSR count). The third-order valence-corrected chi connectivity index (χ3v) is 11.8. The predicted octanol–water partition coefficient (Wildman–Crippen LogP) is 15.1. The average molecular weight is 694 g/mol. The van der Waals surface area contributed by atoms with E-state index < -0.39 is 0 Å². The highest BCUT2D eigenvalue weighted by molar-refractivity contribution is 7.25. The van der Waals surface area contributed by atoms with Crippen LogP contribution in [-0.2, 0) is 0 Å². The molecule has 0 N–H and O–H groups in total. The number of rotatable bonds is 5. The summed E-state index contributed by atoms with van der Waals surface area (Å²) in [5.41, 5.74) is 9.95. The molecule has 0 saturated carbocycles. The van der Waals surface area contributed by atoms with E-state index in [1.165, 1.54) is 52.8 Å². The van der Waals surface area contributed by atoms with E-state index in [4.69, 9.17) is 4.42 Å². The second-order valence-corrected chi connectivity index (χ2v) is 14.8. The standard InChI is InChI=1S/C50H31NOS/c1-2-10-36-30-48-46(28-35(36)9-1)45-29-37(20-27-47(45)52-48)32-16-21-38(22-17-32)51(40-25-26-44-43-13-5-6-15-49(43)53-50(44)31-40)39-23-18-34(19-24-39)42-14-7-11-33-8-3-4-12-41(33)42/h1-31H. The second kappa shape index (κ2) is 11.9. The molecule has 0 aliphatic heterocycles. The zero-order chi connectivity index (χ0) is 34.9. The molecule has 0 unspecified atom stereocenters. The summed E-state index contributed by atoms with van der Waals surface area (Å²) in [5.74, 6) is 0. The van der Waals surface area contributed by atoms with Gasteiger partial charge in [-0.2, -0.15) is 0 Å². The van der Waals surface area contributed by atoms with Gasteiger partial charge in [0, 0.05) is 48.0 Å². The molecule has 2 aromatic heterocycles. The topological polar surface area (TPSA) is 16.4 Å². The summed E-state index contributed by atoms with van der Waals surface area (Å²) in [6.07, 6.45) is 0. The Morgan fingerprint density at radius 2 is 0.943 bits per heavy atom. The van der Waals surface area contributed by atoms with Gasteiger partial charge in [-0.3, -0.25) is 0 Å². The fourth-order valence-corrected chi connectivity index (χ4v) is 9.15. The maximum absolute atomic E-state index is 6.30. The van der Waals surface area contributed by atoms with E-state index in [0.29, 0.717) is 0 Å². The fraction of sp³-hybridized carbons (Fsp3) is 0. The summed E-state index contributed by atoms with van der Waals surface area (Å²) in [7, 11) is 0. The van der Waals surface area contributed by atoms with E-state index in [1.54, 1.807) is 0 Å². The van der Waals surface area contributed by atoms with Crippen molar-refractivity contribution in [1.82, 2.24) is 0 Å². The van der Waals surface area contributed by atoms with Gasteiger partial charge in [0.05, 0.1) is 0 Å². The molecule has 0 aliphatic rings. The Morgan fingerprint density at radius 3 is 1.75 bits per heavy atom. The molecule has 0 atom stereocenters. The largest absolute Gasteiger partial charge is 0.456 e. The number of hydrogen-bond acceptors (Lipinski definition) is 3. The molecule has 9 aromatic carbocycles. The number of fused-ring (bicyclic) bond motifs is 8. The van der Waals surface area contributed by atoms with Gasteiger partial charge < -0.3 is 9.32 Å². The quantitative estimate of drug-likeness (QED) is 0.178. The Labute approximate surface area is 310 Å². The van der Waals surface area contributed by atoms with Crippen LogP contribution in [0.4, 0.5) is 17.1 Å². The first-order valence-electron chi connectivity index (χ1n) is 18.0. The molecule has 11 aromatic rings. The zero-order valence-corrected chi connectivity index (χ0v) is 29.5. The van der Waals surface area contributed by atoms with Crippen LogP contribution in [0, 0.1) is 0 Å². The summed E-state index contributed by atoms with van der Waals surface area (Å²) in [5, 5.41) is 9.81. The monoisotopic (exact) mass is 693 g/mol. The Hall–Kier alpha value is -6.68. The second-order valence-electron chi connectivity index (χ2n) is 13.7. The van der Waals surface area contributed by atoms with Crippen LogP contribution in [0.3, 0.4) is 0 Å². The maximum Gasteiger partial charge on any atom is 0.136 e. The van der Waals surface area contributed by atoms with Gasteiger partial charge in [-0.25, -0.2) is 0 Å². The smallest absolute Gasteiger partial charge is 0.136 e. The van der Waals surface area contributed by atoms with Crippen LogP contribution in [0.25, 0.3) is 85.9 Å². The maximum atomic E-state index is 6.30. The summed E-state index contributed by atoms with van der Waals surface area (Å²) in [6.45, 7) is 0. The number of benzene rings is 9. The Bertz CT molecular complexity index is 3160. The summed E-state index contributed by atoms with van der Waals surface area (Å²) < 4.78 is 8.90. The molecule has 0 amide bonds. The first-order valence-corrected chi connectivity index (χ1v) is 18.8. The molecule has 2 nitrogen and oxygen atoms in total. The fourth-order valence-electron chi connectivity index (χ4n) is 8.01. The van der Waals surface area contributed by atoms with Crippen molar-refractivity contribution in [2.75, 3.05) is 4.90 Å². The lowest BCUT2D eigenvalue weighted by atomic mass is 9.98. The van der Waals surface area contributed by atoms with E-state index in [2.05, 4.69) is 193 Å². The van der Waals surface area contributed by atoms with Crippen molar-refractivity contribution in [3.63, 3.8) is 0 Å². The molecule has 0 spiro atoms. The Morgan fingerprint density at radius 1 is 0.340 bits per heavy atom. The van der Waals surface area contributed by atoms with Crippen LogP contribution in [-0.4, -0.2) is 0 Å². The third kappa shape index (κ3) is 5.01. The summed E-state index contributed by atoms with van der Waals surface area (Å²) >= 11 is 1.85. The zero-order valence-electron chi connectivity index (χ0n) is 28.7. The van der Waals surface area contributed by atoms with Crippen molar-refractivity contribution in [2.24, 2.45) is 0 Å². The van der Waals surface area contributed by atoms with Crippen molar-refractivity contribution < 1.29 is 4.42 Å². The van der Waals surface area contributed by atoms with E-state index in [0.717, 1.165) is 50.1 Å². The third-order valence-electron chi connectivity index (χ3n) is 10.6. The van der Waals surface area contributed by atoms with E-state index in [9.17, 15) is 0 Å².